The number of aryl methyl sites for hydroxylation is 2. The van der Waals surface area contributed by atoms with E-state index in [1.54, 1.807) is 13.0 Å². The third-order valence-corrected chi connectivity index (χ3v) is 9.90. The van der Waals surface area contributed by atoms with E-state index in [2.05, 4.69) is 31.1 Å². The molecular weight excluding hydrogens is 655 g/mol. The van der Waals surface area contributed by atoms with Crippen LogP contribution in [0.1, 0.15) is 81.5 Å². The first-order chi connectivity index (χ1) is 22.9. The predicted octanol–water partition coefficient (Wildman–Crippen LogP) is 6.75. The highest BCUT2D eigenvalue weighted by Gasteiger charge is 2.47. The van der Waals surface area contributed by atoms with Gasteiger partial charge in [0, 0.05) is 22.5 Å². The van der Waals surface area contributed by atoms with Crippen molar-refractivity contribution < 1.29 is 23.6 Å². The van der Waals surface area contributed by atoms with Crippen molar-refractivity contribution >= 4 is 52.0 Å². The molecule has 3 amide bonds. The maximum Gasteiger partial charge on any atom is 0.408 e. The lowest BCUT2D eigenvalue weighted by Gasteiger charge is -2.39. The number of hydrogen-bond donors (Lipinski definition) is 4. The molecule has 2 aromatic heterocycles. The van der Waals surface area contributed by atoms with E-state index in [1.165, 1.54) is 0 Å². The number of alkyl carbamates (subject to hydrolysis) is 1. The Hall–Kier alpha value is -4.09. The van der Waals surface area contributed by atoms with Gasteiger partial charge in [0.15, 0.2) is 5.82 Å². The molecule has 0 fully saturated rings. The van der Waals surface area contributed by atoms with Crippen LogP contribution in [0.3, 0.4) is 0 Å². The number of amides is 3. The van der Waals surface area contributed by atoms with Crippen LogP contribution in [-0.2, 0) is 33.8 Å². The molecule has 5 rings (SSSR count). The Bertz CT molecular complexity index is 1780. The molecule has 0 bridgehead atoms. The van der Waals surface area contributed by atoms with Crippen molar-refractivity contribution in [2.45, 2.75) is 91.0 Å². The standard InChI is InChI=1S/C35H42Cl2N6O5/c1-6-19(3)28(41-34(46)47-18-22-11-9-8-10-12-22)31(44)42-35(33(45)40-29(20(4)7-2)32-38-21(5)43-48-32)14-13-27-25(17-35)24-15-23(36)16-26(37)30(24)39-27/h8-12,15-16,19-20,28-29,39H,6-7,13-14,17-18H2,1-5H3,(H,40,45)(H,41,46)(H,42,44)/t19-,20-,28?,29?,35-/m0/s1. The first-order valence-electron chi connectivity index (χ1n) is 16.3. The molecule has 0 radical (unpaired) electrons. The summed E-state index contributed by atoms with van der Waals surface area (Å²) in [5.74, 6) is -0.482. The molecular formula is C35H42Cl2N6O5. The number of benzene rings is 2. The lowest BCUT2D eigenvalue weighted by atomic mass is 9.78. The minimum Gasteiger partial charge on any atom is -0.445 e. The molecule has 0 saturated heterocycles. The van der Waals surface area contributed by atoms with Crippen LogP contribution in [0, 0.1) is 18.8 Å². The number of nitrogens with one attached hydrogen (secondary N) is 4. The Kier molecular flexibility index (Phi) is 11.0. The van der Waals surface area contributed by atoms with Gasteiger partial charge in [-0.05, 0) is 54.9 Å². The lowest BCUT2D eigenvalue weighted by molar-refractivity contribution is -0.136. The normalized spacial score (nSPS) is 18.3. The summed E-state index contributed by atoms with van der Waals surface area (Å²) in [7, 11) is 0. The highest BCUT2D eigenvalue weighted by Crippen LogP contribution is 2.39. The van der Waals surface area contributed by atoms with Gasteiger partial charge in [-0.25, -0.2) is 4.79 Å². The number of H-pyrrole nitrogens is 1. The zero-order valence-corrected chi connectivity index (χ0v) is 29.3. The van der Waals surface area contributed by atoms with Crippen molar-refractivity contribution in [2.75, 3.05) is 0 Å². The molecule has 11 nitrogen and oxygen atoms in total. The van der Waals surface area contributed by atoms with Crippen LogP contribution in [0.5, 0.6) is 0 Å². The third-order valence-electron chi connectivity index (χ3n) is 9.39. The quantitative estimate of drug-likeness (QED) is 0.128. The zero-order chi connectivity index (χ0) is 34.6. The van der Waals surface area contributed by atoms with E-state index in [0.717, 1.165) is 28.6 Å². The van der Waals surface area contributed by atoms with Crippen LogP contribution in [-0.4, -0.2) is 44.6 Å². The van der Waals surface area contributed by atoms with Crippen molar-refractivity contribution in [3.05, 3.63) is 81.0 Å². The number of nitrogens with zero attached hydrogens (tertiary/aromatic N) is 2. The van der Waals surface area contributed by atoms with Gasteiger partial charge in [0.05, 0.1) is 10.5 Å². The zero-order valence-electron chi connectivity index (χ0n) is 27.8. The number of rotatable bonds is 12. The Labute approximate surface area is 289 Å². The molecule has 2 aromatic carbocycles. The second-order valence-electron chi connectivity index (χ2n) is 12.7. The molecule has 2 heterocycles. The number of fused-ring (bicyclic) bond motifs is 3. The van der Waals surface area contributed by atoms with Gasteiger partial charge in [0.25, 0.3) is 0 Å². The molecule has 0 spiro atoms. The summed E-state index contributed by atoms with van der Waals surface area (Å²) in [6, 6.07) is 11.2. The third kappa shape index (κ3) is 7.63. The summed E-state index contributed by atoms with van der Waals surface area (Å²) in [6.07, 6.45) is 1.45. The van der Waals surface area contributed by atoms with Crippen LogP contribution in [0.4, 0.5) is 4.79 Å². The van der Waals surface area contributed by atoms with Gasteiger partial charge in [-0.2, -0.15) is 4.98 Å². The van der Waals surface area contributed by atoms with Crippen molar-refractivity contribution in [3.63, 3.8) is 0 Å². The Morgan fingerprint density at radius 3 is 2.46 bits per heavy atom. The second-order valence-corrected chi connectivity index (χ2v) is 13.6. The summed E-state index contributed by atoms with van der Waals surface area (Å²) in [5.41, 5.74) is 1.87. The van der Waals surface area contributed by atoms with E-state index in [9.17, 15) is 14.4 Å². The second kappa shape index (κ2) is 15.0. The van der Waals surface area contributed by atoms with Crippen LogP contribution in [0.15, 0.2) is 47.0 Å². The maximum absolute atomic E-state index is 14.6. The molecule has 4 aromatic rings. The van der Waals surface area contributed by atoms with Gasteiger partial charge in [-0.3, -0.25) is 9.59 Å². The fourth-order valence-corrected chi connectivity index (χ4v) is 6.68. The molecule has 13 heteroatoms. The first kappa shape index (κ1) is 35.2. The fourth-order valence-electron chi connectivity index (χ4n) is 6.14. The number of carbonyl (C=O) groups excluding carboxylic acids is 3. The van der Waals surface area contributed by atoms with Crippen LogP contribution in [0.2, 0.25) is 10.0 Å². The van der Waals surface area contributed by atoms with Crippen molar-refractivity contribution in [3.8, 4) is 0 Å². The van der Waals surface area contributed by atoms with Crippen LogP contribution in [0.25, 0.3) is 10.9 Å². The average molecular weight is 698 g/mol. The SMILES string of the molecule is CC[C@H](C)C(NC(=O)OCc1ccccc1)C(=O)N[C@@]1(C(=O)NC(c2nc(C)no2)[C@@H](C)CC)CCc2[nH]c3c(Cl)cc(Cl)cc3c2C1. The summed E-state index contributed by atoms with van der Waals surface area (Å²) < 4.78 is 11.0. The van der Waals surface area contributed by atoms with Gasteiger partial charge >= 0.3 is 6.09 Å². The number of hydrogen-bond acceptors (Lipinski definition) is 7. The molecule has 48 heavy (non-hydrogen) atoms. The summed E-state index contributed by atoms with van der Waals surface area (Å²) in [5, 5.41) is 14.6. The Morgan fingerprint density at radius 1 is 1.06 bits per heavy atom. The molecule has 1 aliphatic carbocycles. The van der Waals surface area contributed by atoms with Gasteiger partial charge in [-0.15, -0.1) is 0 Å². The van der Waals surface area contributed by atoms with Gasteiger partial charge in [0.1, 0.15) is 24.2 Å². The number of aromatic amines is 1. The van der Waals surface area contributed by atoms with E-state index >= 15 is 0 Å². The highest BCUT2D eigenvalue weighted by atomic mass is 35.5. The maximum atomic E-state index is 14.6. The molecule has 0 saturated carbocycles. The van der Waals surface area contributed by atoms with E-state index < -0.39 is 35.5 Å². The van der Waals surface area contributed by atoms with Gasteiger partial charge < -0.3 is 30.2 Å². The van der Waals surface area contributed by atoms with E-state index in [1.807, 2.05) is 64.1 Å². The predicted molar refractivity (Wildman–Crippen MR) is 184 cm³/mol. The molecule has 1 aliphatic rings. The molecule has 4 N–H and O–H groups in total. The van der Waals surface area contributed by atoms with Gasteiger partial charge in [-0.1, -0.05) is 99.2 Å². The van der Waals surface area contributed by atoms with Gasteiger partial charge in [0.2, 0.25) is 17.7 Å². The largest absolute Gasteiger partial charge is 0.445 e. The van der Waals surface area contributed by atoms with E-state index in [4.69, 9.17) is 32.5 Å². The monoisotopic (exact) mass is 696 g/mol. The summed E-state index contributed by atoms with van der Waals surface area (Å²) >= 11 is 13.0. The molecule has 2 unspecified atom stereocenters. The number of aromatic nitrogens is 3. The minimum atomic E-state index is -1.41. The highest BCUT2D eigenvalue weighted by molar-refractivity contribution is 6.38. The average Bonchev–Trinajstić information content (AvgIpc) is 3.67. The first-order valence-corrected chi connectivity index (χ1v) is 17.1. The lowest BCUT2D eigenvalue weighted by Crippen LogP contribution is -2.65. The topological polar surface area (TPSA) is 151 Å². The molecule has 256 valence electrons. The Balaban J connectivity index is 1.47. The van der Waals surface area contributed by atoms with Crippen molar-refractivity contribution in [1.29, 1.82) is 0 Å². The summed E-state index contributed by atoms with van der Waals surface area (Å²) in [4.78, 5) is 49.6. The fraction of sp³-hybridized carbons (Fsp3) is 0.457. The summed E-state index contributed by atoms with van der Waals surface area (Å²) in [6.45, 7) is 9.56. The van der Waals surface area contributed by atoms with Crippen molar-refractivity contribution in [2.24, 2.45) is 11.8 Å². The van der Waals surface area contributed by atoms with Crippen LogP contribution >= 0.6 is 23.2 Å². The van der Waals surface area contributed by atoms with Crippen LogP contribution < -0.4 is 16.0 Å². The van der Waals surface area contributed by atoms with Crippen molar-refractivity contribution in [1.82, 2.24) is 31.1 Å². The van der Waals surface area contributed by atoms with E-state index in [-0.39, 0.29) is 31.3 Å². The van der Waals surface area contributed by atoms with E-state index in [0.29, 0.717) is 40.1 Å². The smallest absolute Gasteiger partial charge is 0.408 e. The number of carbonyl (C=O) groups is 3. The number of halogens is 2. The number of ether oxygens (including phenoxy) is 1. The molecule has 0 aliphatic heterocycles. The minimum absolute atomic E-state index is 0.0501. The molecule has 5 atom stereocenters. The Morgan fingerprint density at radius 2 is 1.79 bits per heavy atom.